The van der Waals surface area contributed by atoms with Crippen LogP contribution in [0, 0.1) is 17.2 Å². The number of fused-ring (bicyclic) bond motifs is 2. The molecule has 2 aromatic carbocycles. The topological polar surface area (TPSA) is 93.8 Å². The van der Waals surface area contributed by atoms with Crippen LogP contribution in [0.15, 0.2) is 36.9 Å². The van der Waals surface area contributed by atoms with Crippen molar-refractivity contribution in [3.05, 3.63) is 42.5 Å². The van der Waals surface area contributed by atoms with Crippen LogP contribution in [0.5, 0.6) is 0 Å². The van der Waals surface area contributed by atoms with Crippen LogP contribution in [0.2, 0.25) is 0 Å². The van der Waals surface area contributed by atoms with Gasteiger partial charge < -0.3 is 19.6 Å². The number of aromatic nitrogens is 4. The summed E-state index contributed by atoms with van der Waals surface area (Å²) in [5, 5.41) is 19.6. The fourth-order valence-corrected chi connectivity index (χ4v) is 5.88. The Morgan fingerprint density at radius 3 is 2.65 bits per heavy atom. The van der Waals surface area contributed by atoms with E-state index in [1.54, 1.807) is 6.33 Å². The van der Waals surface area contributed by atoms with E-state index in [1.165, 1.54) is 37.6 Å². The van der Waals surface area contributed by atoms with Crippen LogP contribution >= 0.6 is 0 Å². The molecule has 1 aliphatic carbocycles. The number of benzene rings is 2. The number of nitriles is 1. The largest absolute Gasteiger partial charge is 0.396 e. The van der Waals surface area contributed by atoms with Gasteiger partial charge >= 0.3 is 0 Å². The number of nitrogens with zero attached hydrogens (tertiary/aromatic N) is 5. The van der Waals surface area contributed by atoms with Gasteiger partial charge in [-0.3, -0.25) is 0 Å². The van der Waals surface area contributed by atoms with Gasteiger partial charge in [-0.2, -0.15) is 5.26 Å². The lowest BCUT2D eigenvalue weighted by atomic mass is 9.94. The molecule has 2 fully saturated rings. The Bertz CT molecular complexity index is 1370. The van der Waals surface area contributed by atoms with Gasteiger partial charge in [-0.15, -0.1) is 0 Å². The summed E-state index contributed by atoms with van der Waals surface area (Å²) in [7, 11) is 0. The predicted octanol–water partition coefficient (Wildman–Crippen LogP) is 5.17. The summed E-state index contributed by atoms with van der Waals surface area (Å²) < 4.78 is 2.36. The maximum absolute atomic E-state index is 10.0. The number of aliphatic hydroxyl groups excluding tert-OH is 1. The van der Waals surface area contributed by atoms with Gasteiger partial charge in [-0.1, -0.05) is 25.3 Å². The summed E-state index contributed by atoms with van der Waals surface area (Å²) in [5.74, 6) is 0.346. The smallest absolute Gasteiger partial charge is 0.104 e. The maximum Gasteiger partial charge on any atom is 0.104 e. The highest BCUT2D eigenvalue weighted by Crippen LogP contribution is 2.38. The summed E-state index contributed by atoms with van der Waals surface area (Å²) in [6.45, 7) is 1.91. The SMILES string of the molecule is N#Cc1c(N2CCC(CO)CC2)cc(-c2ccc3c(c2)ncn3C2CCCCC2)c2nc[nH]c12. The van der Waals surface area contributed by atoms with Gasteiger partial charge in [0.15, 0.2) is 0 Å². The Hall–Kier alpha value is -3.37. The first-order valence-corrected chi connectivity index (χ1v) is 12.5. The van der Waals surface area contributed by atoms with Gasteiger partial charge in [0.2, 0.25) is 0 Å². The molecule has 0 radical (unpaired) electrons. The molecule has 3 heterocycles. The lowest BCUT2D eigenvalue weighted by Gasteiger charge is -2.33. The first-order valence-electron chi connectivity index (χ1n) is 12.5. The number of hydrogen-bond donors (Lipinski definition) is 2. The van der Waals surface area contributed by atoms with Crippen LogP contribution in [0.3, 0.4) is 0 Å². The van der Waals surface area contributed by atoms with Gasteiger partial charge in [0.25, 0.3) is 0 Å². The van der Waals surface area contributed by atoms with E-state index in [0.717, 1.165) is 59.3 Å². The molecule has 7 nitrogen and oxygen atoms in total. The van der Waals surface area contributed by atoms with Crippen molar-refractivity contribution in [2.24, 2.45) is 5.92 Å². The van der Waals surface area contributed by atoms with E-state index in [9.17, 15) is 10.4 Å². The van der Waals surface area contributed by atoms with Crippen LogP contribution in [-0.4, -0.2) is 44.3 Å². The molecule has 174 valence electrons. The van der Waals surface area contributed by atoms with E-state index in [1.807, 2.05) is 6.33 Å². The number of imidazole rings is 2. The third kappa shape index (κ3) is 3.54. The maximum atomic E-state index is 10.0. The predicted molar refractivity (Wildman–Crippen MR) is 134 cm³/mol. The first kappa shape index (κ1) is 21.2. The van der Waals surface area contributed by atoms with Crippen LogP contribution < -0.4 is 4.90 Å². The van der Waals surface area contributed by atoms with Crippen LogP contribution in [0.4, 0.5) is 5.69 Å². The number of H-pyrrole nitrogens is 1. The molecule has 6 rings (SSSR count). The first-order chi connectivity index (χ1) is 16.8. The van der Waals surface area contributed by atoms with E-state index in [2.05, 4.69) is 49.8 Å². The minimum absolute atomic E-state index is 0.233. The second kappa shape index (κ2) is 8.77. The molecule has 34 heavy (non-hydrogen) atoms. The molecule has 0 amide bonds. The van der Waals surface area contributed by atoms with Crippen molar-refractivity contribution in [2.45, 2.75) is 51.0 Å². The zero-order chi connectivity index (χ0) is 23.1. The van der Waals surface area contributed by atoms with Crippen LogP contribution in [0.1, 0.15) is 56.6 Å². The fourth-order valence-electron chi connectivity index (χ4n) is 5.88. The molecule has 0 spiro atoms. The Morgan fingerprint density at radius 1 is 1.06 bits per heavy atom. The molecule has 1 aliphatic heterocycles. The van der Waals surface area contributed by atoms with Crippen molar-refractivity contribution in [1.82, 2.24) is 19.5 Å². The Labute approximate surface area is 199 Å². The Kier molecular flexibility index (Phi) is 5.46. The Balaban J connectivity index is 1.43. The van der Waals surface area contributed by atoms with Crippen LogP contribution in [-0.2, 0) is 0 Å². The number of hydrogen-bond acceptors (Lipinski definition) is 5. The van der Waals surface area contributed by atoms with Crippen molar-refractivity contribution < 1.29 is 5.11 Å². The third-order valence-corrected chi connectivity index (χ3v) is 7.86. The van der Waals surface area contributed by atoms with E-state index in [0.29, 0.717) is 17.5 Å². The molecular formula is C27H30N6O. The molecule has 4 aromatic rings. The number of piperidine rings is 1. The fraction of sp³-hybridized carbons (Fsp3) is 0.444. The quantitative estimate of drug-likeness (QED) is 0.444. The molecule has 2 aromatic heterocycles. The minimum atomic E-state index is 0.233. The zero-order valence-electron chi connectivity index (χ0n) is 19.4. The molecule has 1 saturated carbocycles. The highest BCUT2D eigenvalue weighted by molar-refractivity contribution is 6.00. The standard InChI is InChI=1S/C27H30N6O/c28-14-22-25(32-10-8-18(15-34)9-11-32)13-21(26-27(22)30-16-29-26)19-6-7-24-23(12-19)31-17-33(24)20-4-2-1-3-5-20/h6-7,12-13,16-18,20,34H,1-5,8-11,15H2,(H,29,30). The average Bonchev–Trinajstić information content (AvgIpc) is 3.55. The third-order valence-electron chi connectivity index (χ3n) is 7.86. The zero-order valence-corrected chi connectivity index (χ0v) is 19.4. The van der Waals surface area contributed by atoms with E-state index < -0.39 is 0 Å². The summed E-state index contributed by atoms with van der Waals surface area (Å²) in [4.78, 5) is 14.8. The summed E-state index contributed by atoms with van der Waals surface area (Å²) in [6, 6.07) is 11.6. The number of rotatable bonds is 4. The highest BCUT2D eigenvalue weighted by Gasteiger charge is 2.24. The summed E-state index contributed by atoms with van der Waals surface area (Å²) in [6.07, 6.45) is 11.9. The van der Waals surface area contributed by atoms with Crippen molar-refractivity contribution in [2.75, 3.05) is 24.6 Å². The van der Waals surface area contributed by atoms with E-state index in [-0.39, 0.29) is 6.61 Å². The number of aromatic amines is 1. The minimum Gasteiger partial charge on any atom is -0.396 e. The van der Waals surface area contributed by atoms with Gasteiger partial charge in [-0.05, 0) is 55.4 Å². The lowest BCUT2D eigenvalue weighted by molar-refractivity contribution is 0.203. The second-order valence-corrected chi connectivity index (χ2v) is 9.82. The molecule has 0 atom stereocenters. The number of nitrogens with one attached hydrogen (secondary N) is 1. The summed E-state index contributed by atoms with van der Waals surface area (Å²) in [5.41, 5.74) is 7.46. The molecule has 1 saturated heterocycles. The van der Waals surface area contributed by atoms with E-state index >= 15 is 0 Å². The van der Waals surface area contributed by atoms with Crippen LogP contribution in [0.25, 0.3) is 33.2 Å². The van der Waals surface area contributed by atoms with Crippen molar-refractivity contribution >= 4 is 27.8 Å². The molecule has 2 N–H and O–H groups in total. The average molecular weight is 455 g/mol. The molecule has 0 unspecified atom stereocenters. The van der Waals surface area contributed by atoms with Gasteiger partial charge in [0.1, 0.15) is 11.6 Å². The number of aliphatic hydroxyl groups is 1. The van der Waals surface area contributed by atoms with Gasteiger partial charge in [-0.25, -0.2) is 9.97 Å². The Morgan fingerprint density at radius 2 is 1.88 bits per heavy atom. The summed E-state index contributed by atoms with van der Waals surface area (Å²) >= 11 is 0. The molecule has 7 heteroatoms. The van der Waals surface area contributed by atoms with Gasteiger partial charge in [0, 0.05) is 31.3 Å². The molecule has 0 bridgehead atoms. The molecular weight excluding hydrogens is 424 g/mol. The number of anilines is 1. The van der Waals surface area contributed by atoms with Crippen molar-refractivity contribution in [1.29, 1.82) is 5.26 Å². The second-order valence-electron chi connectivity index (χ2n) is 9.82. The van der Waals surface area contributed by atoms with Crippen molar-refractivity contribution in [3.63, 3.8) is 0 Å². The monoisotopic (exact) mass is 454 g/mol. The highest BCUT2D eigenvalue weighted by atomic mass is 16.3. The van der Waals surface area contributed by atoms with E-state index in [4.69, 9.17) is 4.98 Å². The molecule has 2 aliphatic rings. The van der Waals surface area contributed by atoms with Crippen molar-refractivity contribution in [3.8, 4) is 17.2 Å². The lowest BCUT2D eigenvalue weighted by Crippen LogP contribution is -2.35. The normalized spacial score (nSPS) is 18.1. The van der Waals surface area contributed by atoms with Gasteiger partial charge in [0.05, 0.1) is 40.4 Å².